The molecular formula is C17H11. The van der Waals surface area contributed by atoms with Gasteiger partial charge in [-0.25, -0.2) is 0 Å². The highest BCUT2D eigenvalue weighted by Gasteiger charge is 2.21. The SMILES string of the molecule is [C]1=Cc2cc3ccccc3cc2C2C=CC=C12. The smallest absolute Gasteiger partial charge is 0.0284 e. The molecule has 2 aliphatic rings. The van der Waals surface area contributed by atoms with Crippen molar-refractivity contribution in [3.8, 4) is 0 Å². The number of allylic oxidation sites excluding steroid dienone is 5. The van der Waals surface area contributed by atoms with Gasteiger partial charge in [0, 0.05) is 5.92 Å². The summed E-state index contributed by atoms with van der Waals surface area (Å²) in [6, 6.07) is 13.1. The third-order valence-corrected chi connectivity index (χ3v) is 3.60. The first-order chi connectivity index (χ1) is 8.42. The molecule has 0 heterocycles. The van der Waals surface area contributed by atoms with Crippen molar-refractivity contribution in [2.75, 3.05) is 0 Å². The third kappa shape index (κ3) is 1.24. The zero-order chi connectivity index (χ0) is 11.2. The van der Waals surface area contributed by atoms with E-state index < -0.39 is 0 Å². The second-order valence-electron chi connectivity index (χ2n) is 4.60. The van der Waals surface area contributed by atoms with Gasteiger partial charge in [0.2, 0.25) is 0 Å². The highest BCUT2D eigenvalue weighted by Crippen LogP contribution is 2.38. The van der Waals surface area contributed by atoms with Gasteiger partial charge < -0.3 is 0 Å². The monoisotopic (exact) mass is 215 g/mol. The van der Waals surface area contributed by atoms with Gasteiger partial charge in [-0.15, -0.1) is 0 Å². The van der Waals surface area contributed by atoms with E-state index in [9.17, 15) is 0 Å². The summed E-state index contributed by atoms with van der Waals surface area (Å²) in [4.78, 5) is 0. The summed E-state index contributed by atoms with van der Waals surface area (Å²) >= 11 is 0. The first-order valence-electron chi connectivity index (χ1n) is 5.93. The van der Waals surface area contributed by atoms with Gasteiger partial charge >= 0.3 is 0 Å². The van der Waals surface area contributed by atoms with E-state index in [-0.39, 0.29) is 0 Å². The van der Waals surface area contributed by atoms with Gasteiger partial charge in [-0.05, 0) is 51.8 Å². The van der Waals surface area contributed by atoms with Gasteiger partial charge in [-0.1, -0.05) is 42.5 Å². The first-order valence-corrected chi connectivity index (χ1v) is 5.93. The maximum absolute atomic E-state index is 3.38. The van der Waals surface area contributed by atoms with Crippen molar-refractivity contribution in [2.45, 2.75) is 5.92 Å². The van der Waals surface area contributed by atoms with Crippen molar-refractivity contribution in [2.24, 2.45) is 0 Å². The Morgan fingerprint density at radius 2 is 1.82 bits per heavy atom. The molecule has 0 fully saturated rings. The number of hydrogen-bond acceptors (Lipinski definition) is 0. The molecule has 0 bridgehead atoms. The van der Waals surface area contributed by atoms with E-state index in [1.807, 2.05) is 0 Å². The van der Waals surface area contributed by atoms with E-state index in [1.54, 1.807) is 0 Å². The van der Waals surface area contributed by atoms with Gasteiger partial charge in [0.15, 0.2) is 0 Å². The predicted octanol–water partition coefficient (Wildman–Crippen LogP) is 4.25. The summed E-state index contributed by atoms with van der Waals surface area (Å²) in [6.07, 6.45) is 12.0. The van der Waals surface area contributed by atoms with Crippen LogP contribution in [0.2, 0.25) is 0 Å². The quantitative estimate of drug-likeness (QED) is 0.616. The number of benzene rings is 2. The molecule has 1 radical (unpaired) electrons. The molecule has 0 aromatic heterocycles. The van der Waals surface area contributed by atoms with Gasteiger partial charge in [0.05, 0.1) is 0 Å². The Morgan fingerprint density at radius 3 is 2.71 bits per heavy atom. The van der Waals surface area contributed by atoms with E-state index in [4.69, 9.17) is 0 Å². The third-order valence-electron chi connectivity index (χ3n) is 3.60. The largest absolute Gasteiger partial charge is 0.0726 e. The van der Waals surface area contributed by atoms with Crippen LogP contribution in [0.4, 0.5) is 0 Å². The van der Waals surface area contributed by atoms with Crippen LogP contribution in [0.5, 0.6) is 0 Å². The molecule has 2 aromatic carbocycles. The molecule has 2 aliphatic carbocycles. The fourth-order valence-electron chi connectivity index (χ4n) is 2.72. The van der Waals surface area contributed by atoms with E-state index in [0.29, 0.717) is 5.92 Å². The van der Waals surface area contributed by atoms with Crippen LogP contribution < -0.4 is 0 Å². The van der Waals surface area contributed by atoms with Gasteiger partial charge in [-0.3, -0.25) is 0 Å². The Labute approximate surface area is 101 Å². The summed E-state index contributed by atoms with van der Waals surface area (Å²) in [5.74, 6) is 0.416. The van der Waals surface area contributed by atoms with Gasteiger partial charge in [0.1, 0.15) is 0 Å². The molecule has 79 valence electrons. The molecule has 0 amide bonds. The van der Waals surface area contributed by atoms with Crippen LogP contribution in [0.3, 0.4) is 0 Å². The lowest BCUT2D eigenvalue weighted by Gasteiger charge is -2.19. The summed E-state index contributed by atoms with van der Waals surface area (Å²) in [5.41, 5.74) is 3.99. The lowest BCUT2D eigenvalue weighted by Crippen LogP contribution is -2.02. The second kappa shape index (κ2) is 3.21. The second-order valence-corrected chi connectivity index (χ2v) is 4.60. The Kier molecular flexibility index (Phi) is 1.70. The molecule has 0 N–H and O–H groups in total. The Hall–Kier alpha value is -2.08. The molecule has 2 aromatic rings. The minimum absolute atomic E-state index is 0.416. The van der Waals surface area contributed by atoms with E-state index in [0.717, 1.165) is 0 Å². The van der Waals surface area contributed by atoms with Crippen molar-refractivity contribution >= 4 is 16.8 Å². The van der Waals surface area contributed by atoms with Crippen LogP contribution >= 0.6 is 0 Å². The van der Waals surface area contributed by atoms with Crippen molar-refractivity contribution in [3.63, 3.8) is 0 Å². The van der Waals surface area contributed by atoms with E-state index in [2.05, 4.69) is 66.8 Å². The Balaban J connectivity index is 2.05. The Morgan fingerprint density at radius 1 is 1.00 bits per heavy atom. The molecule has 0 heteroatoms. The van der Waals surface area contributed by atoms with E-state index in [1.165, 1.54) is 27.5 Å². The molecule has 4 rings (SSSR count). The lowest BCUT2D eigenvalue weighted by atomic mass is 9.84. The predicted molar refractivity (Wildman–Crippen MR) is 71.6 cm³/mol. The highest BCUT2D eigenvalue weighted by molar-refractivity contribution is 5.87. The van der Waals surface area contributed by atoms with Gasteiger partial charge in [0.25, 0.3) is 0 Å². The molecular weight excluding hydrogens is 204 g/mol. The van der Waals surface area contributed by atoms with Crippen molar-refractivity contribution in [1.29, 1.82) is 0 Å². The number of fused-ring (bicyclic) bond motifs is 4. The molecule has 0 saturated heterocycles. The number of hydrogen-bond donors (Lipinski definition) is 0. The zero-order valence-electron chi connectivity index (χ0n) is 9.35. The average molecular weight is 215 g/mol. The maximum Gasteiger partial charge on any atom is 0.0284 e. The van der Waals surface area contributed by atoms with Crippen LogP contribution in [-0.2, 0) is 0 Å². The van der Waals surface area contributed by atoms with Crippen LogP contribution in [0.1, 0.15) is 17.0 Å². The van der Waals surface area contributed by atoms with Crippen LogP contribution in [-0.4, -0.2) is 0 Å². The van der Waals surface area contributed by atoms with Crippen LogP contribution in [0, 0.1) is 6.08 Å². The minimum Gasteiger partial charge on any atom is -0.0726 e. The highest BCUT2D eigenvalue weighted by atomic mass is 14.2. The zero-order valence-corrected chi connectivity index (χ0v) is 9.35. The first kappa shape index (κ1) is 9.00. The average Bonchev–Trinajstić information content (AvgIpc) is 2.85. The fourth-order valence-corrected chi connectivity index (χ4v) is 2.72. The van der Waals surface area contributed by atoms with Crippen molar-refractivity contribution in [3.05, 3.63) is 77.4 Å². The summed E-state index contributed by atoms with van der Waals surface area (Å²) in [7, 11) is 0. The minimum atomic E-state index is 0.416. The molecule has 17 heavy (non-hydrogen) atoms. The van der Waals surface area contributed by atoms with E-state index >= 15 is 0 Å². The van der Waals surface area contributed by atoms with Crippen LogP contribution in [0.25, 0.3) is 16.8 Å². The molecule has 0 saturated carbocycles. The fraction of sp³-hybridized carbons (Fsp3) is 0.0588. The van der Waals surface area contributed by atoms with Crippen molar-refractivity contribution in [1.82, 2.24) is 0 Å². The Bertz CT molecular complexity index is 699. The molecule has 1 atom stereocenters. The molecule has 1 unspecified atom stereocenters. The maximum atomic E-state index is 3.38. The summed E-state index contributed by atoms with van der Waals surface area (Å²) < 4.78 is 0. The normalized spacial score (nSPS) is 20.2. The topological polar surface area (TPSA) is 0 Å². The molecule has 0 aliphatic heterocycles. The standard InChI is InChI=1S/C17H11/c1-2-5-14-11-17-15(10-13(14)4-1)9-8-12-6-3-7-16(12)17/h1-7,9-11,16H. The lowest BCUT2D eigenvalue weighted by molar-refractivity contribution is 1.03. The summed E-state index contributed by atoms with van der Waals surface area (Å²) in [5, 5.41) is 2.62. The molecule has 0 spiro atoms. The molecule has 0 nitrogen and oxygen atoms in total. The van der Waals surface area contributed by atoms with Crippen LogP contribution in [0.15, 0.2) is 60.2 Å². The van der Waals surface area contributed by atoms with Crippen molar-refractivity contribution < 1.29 is 0 Å². The van der Waals surface area contributed by atoms with Gasteiger partial charge in [-0.2, -0.15) is 0 Å². The number of rotatable bonds is 0. The summed E-state index contributed by atoms with van der Waals surface area (Å²) in [6.45, 7) is 0.